The minimum atomic E-state index is -3.34. The summed E-state index contributed by atoms with van der Waals surface area (Å²) in [6.07, 6.45) is -0.977. The fraction of sp³-hybridized carbons (Fsp3) is 0.444. The minimum Gasteiger partial charge on any atom is -0.497 e. The molecule has 146 valence electrons. The van der Waals surface area contributed by atoms with Crippen molar-refractivity contribution >= 4 is 26.7 Å². The fourth-order valence-electron chi connectivity index (χ4n) is 3.27. The van der Waals surface area contributed by atoms with Crippen LogP contribution in [0.5, 0.6) is 5.75 Å². The Morgan fingerprint density at radius 2 is 2.11 bits per heavy atom. The van der Waals surface area contributed by atoms with Gasteiger partial charge < -0.3 is 19.6 Å². The number of aryl methyl sites for hydroxylation is 1. The minimum absolute atomic E-state index is 0.0173. The third-order valence-corrected chi connectivity index (χ3v) is 6.48. The number of hydrogen-bond acceptors (Lipinski definition) is 7. The molecule has 1 aliphatic rings. The molecule has 0 bridgehead atoms. The van der Waals surface area contributed by atoms with E-state index >= 15 is 0 Å². The van der Waals surface area contributed by atoms with Crippen LogP contribution in [0.1, 0.15) is 17.5 Å². The summed E-state index contributed by atoms with van der Waals surface area (Å²) in [6, 6.07) is 4.36. The van der Waals surface area contributed by atoms with Crippen LogP contribution in [-0.4, -0.2) is 50.2 Å². The Hall–Kier alpha value is -2.39. The standard InChI is InChI=1S/C18H21NO7S/c1-10-12-4-3-11(25-2)7-16(12)26-18(22)13(10)5-6-17(21)19-14-8-27(23,24)9-15(14)20/h3-4,7,14-15,20H,5-6,8-9H2,1-2H3,(H,19,21)/t14-,15+/m1/s1. The van der Waals surface area contributed by atoms with Crippen LogP contribution in [-0.2, 0) is 21.1 Å². The molecule has 1 aromatic carbocycles. The number of aliphatic hydroxyl groups excluding tert-OH is 1. The maximum atomic E-state index is 12.3. The maximum Gasteiger partial charge on any atom is 0.339 e. The molecule has 1 aromatic heterocycles. The van der Waals surface area contributed by atoms with Gasteiger partial charge in [0.15, 0.2) is 9.84 Å². The molecular formula is C18H21NO7S. The van der Waals surface area contributed by atoms with E-state index in [0.29, 0.717) is 16.9 Å². The lowest BCUT2D eigenvalue weighted by atomic mass is 10.0. The summed E-state index contributed by atoms with van der Waals surface area (Å²) < 4.78 is 33.5. The number of methoxy groups -OCH3 is 1. The molecule has 0 spiro atoms. The third-order valence-electron chi connectivity index (χ3n) is 4.77. The molecule has 8 nitrogen and oxygen atoms in total. The zero-order chi connectivity index (χ0) is 19.8. The van der Waals surface area contributed by atoms with E-state index in [2.05, 4.69) is 5.32 Å². The van der Waals surface area contributed by atoms with Gasteiger partial charge in [-0.15, -0.1) is 0 Å². The molecule has 0 radical (unpaired) electrons. The van der Waals surface area contributed by atoms with Gasteiger partial charge in [-0.1, -0.05) is 0 Å². The molecule has 1 aliphatic heterocycles. The maximum absolute atomic E-state index is 12.3. The van der Waals surface area contributed by atoms with Gasteiger partial charge in [0.25, 0.3) is 0 Å². The zero-order valence-electron chi connectivity index (χ0n) is 15.0. The lowest BCUT2D eigenvalue weighted by molar-refractivity contribution is -0.122. The first-order valence-electron chi connectivity index (χ1n) is 8.48. The molecule has 1 saturated heterocycles. The molecule has 2 atom stereocenters. The fourth-order valence-corrected chi connectivity index (χ4v) is 5.02. The van der Waals surface area contributed by atoms with E-state index in [4.69, 9.17) is 9.15 Å². The van der Waals surface area contributed by atoms with Gasteiger partial charge in [-0.3, -0.25) is 4.79 Å². The Morgan fingerprint density at radius 1 is 1.37 bits per heavy atom. The lowest BCUT2D eigenvalue weighted by Gasteiger charge is -2.15. The second-order valence-electron chi connectivity index (χ2n) is 6.67. The van der Waals surface area contributed by atoms with E-state index in [9.17, 15) is 23.1 Å². The summed E-state index contributed by atoms with van der Waals surface area (Å²) in [5.74, 6) is -0.486. The first-order valence-corrected chi connectivity index (χ1v) is 10.3. The predicted octanol–water partition coefficient (Wildman–Crippen LogP) is 0.317. The average molecular weight is 395 g/mol. The number of sulfone groups is 1. The number of rotatable bonds is 5. The van der Waals surface area contributed by atoms with Gasteiger partial charge in [0, 0.05) is 23.4 Å². The van der Waals surface area contributed by atoms with Crippen molar-refractivity contribution in [2.24, 2.45) is 0 Å². The van der Waals surface area contributed by atoms with Crippen LogP contribution in [0.3, 0.4) is 0 Å². The molecule has 9 heteroatoms. The quantitative estimate of drug-likeness (QED) is 0.699. The number of amides is 1. The first kappa shape index (κ1) is 19.4. The number of nitrogens with one attached hydrogen (secondary N) is 1. The normalized spacial score (nSPS) is 21.3. The molecular weight excluding hydrogens is 374 g/mol. The van der Waals surface area contributed by atoms with Crippen molar-refractivity contribution in [1.82, 2.24) is 5.32 Å². The molecule has 27 heavy (non-hydrogen) atoms. The summed E-state index contributed by atoms with van der Waals surface area (Å²) in [7, 11) is -1.82. The molecule has 0 unspecified atom stereocenters. The van der Waals surface area contributed by atoms with Crippen LogP contribution in [0.2, 0.25) is 0 Å². The van der Waals surface area contributed by atoms with Gasteiger partial charge in [0.05, 0.1) is 30.8 Å². The Labute approximate surface area is 156 Å². The van der Waals surface area contributed by atoms with E-state index < -0.39 is 33.5 Å². The number of aliphatic hydroxyl groups is 1. The van der Waals surface area contributed by atoms with Gasteiger partial charge in [0.1, 0.15) is 11.3 Å². The molecule has 2 N–H and O–H groups in total. The third kappa shape index (κ3) is 4.14. The molecule has 2 aromatic rings. The van der Waals surface area contributed by atoms with E-state index in [-0.39, 0.29) is 24.3 Å². The molecule has 1 amide bonds. The van der Waals surface area contributed by atoms with E-state index in [1.807, 2.05) is 0 Å². The SMILES string of the molecule is COc1ccc2c(C)c(CCC(=O)N[C@@H]3CS(=O)(=O)C[C@@H]3O)c(=O)oc2c1. The van der Waals surface area contributed by atoms with Gasteiger partial charge in [-0.25, -0.2) is 13.2 Å². The summed E-state index contributed by atoms with van der Waals surface area (Å²) in [6.45, 7) is 1.78. The number of ether oxygens (including phenoxy) is 1. The highest BCUT2D eigenvalue weighted by molar-refractivity contribution is 7.91. The van der Waals surface area contributed by atoms with E-state index in [1.165, 1.54) is 7.11 Å². The van der Waals surface area contributed by atoms with Crippen LogP contribution in [0.25, 0.3) is 11.0 Å². The van der Waals surface area contributed by atoms with Crippen molar-refractivity contribution < 1.29 is 27.5 Å². The Morgan fingerprint density at radius 3 is 2.74 bits per heavy atom. The Balaban J connectivity index is 1.73. The van der Waals surface area contributed by atoms with Crippen molar-refractivity contribution in [2.45, 2.75) is 31.9 Å². The number of carbonyl (C=O) groups is 1. The first-order chi connectivity index (χ1) is 12.7. The van der Waals surface area contributed by atoms with Crippen molar-refractivity contribution in [2.75, 3.05) is 18.6 Å². The van der Waals surface area contributed by atoms with Gasteiger partial charge in [0.2, 0.25) is 5.91 Å². The lowest BCUT2D eigenvalue weighted by Crippen LogP contribution is -2.42. The topological polar surface area (TPSA) is 123 Å². The van der Waals surface area contributed by atoms with Crippen molar-refractivity contribution in [3.8, 4) is 5.75 Å². The van der Waals surface area contributed by atoms with Crippen LogP contribution < -0.4 is 15.7 Å². The van der Waals surface area contributed by atoms with Crippen LogP contribution >= 0.6 is 0 Å². The molecule has 2 heterocycles. The van der Waals surface area contributed by atoms with Crippen molar-refractivity contribution in [3.63, 3.8) is 0 Å². The van der Waals surface area contributed by atoms with Crippen LogP contribution in [0.15, 0.2) is 27.4 Å². The number of benzene rings is 1. The van der Waals surface area contributed by atoms with Gasteiger partial charge in [-0.05, 0) is 31.0 Å². The Bertz CT molecular complexity index is 1040. The molecule has 3 rings (SSSR count). The smallest absolute Gasteiger partial charge is 0.339 e. The number of carbonyl (C=O) groups excluding carboxylic acids is 1. The highest BCUT2D eigenvalue weighted by Gasteiger charge is 2.37. The summed E-state index contributed by atoms with van der Waals surface area (Å²) in [5.41, 5.74) is 0.997. The van der Waals surface area contributed by atoms with Crippen molar-refractivity contribution in [3.05, 3.63) is 39.7 Å². The van der Waals surface area contributed by atoms with E-state index in [1.54, 1.807) is 25.1 Å². The highest BCUT2D eigenvalue weighted by atomic mass is 32.2. The van der Waals surface area contributed by atoms with E-state index in [0.717, 1.165) is 10.9 Å². The van der Waals surface area contributed by atoms with Crippen molar-refractivity contribution in [1.29, 1.82) is 0 Å². The summed E-state index contributed by atoms with van der Waals surface area (Å²) in [4.78, 5) is 24.4. The van der Waals surface area contributed by atoms with Gasteiger partial charge in [-0.2, -0.15) is 0 Å². The summed E-state index contributed by atoms with van der Waals surface area (Å²) in [5, 5.41) is 13.0. The molecule has 0 aliphatic carbocycles. The van der Waals surface area contributed by atoms with Crippen LogP contribution in [0, 0.1) is 6.92 Å². The monoisotopic (exact) mass is 395 g/mol. The number of fused-ring (bicyclic) bond motifs is 1. The largest absolute Gasteiger partial charge is 0.497 e. The molecule has 1 fully saturated rings. The zero-order valence-corrected chi connectivity index (χ0v) is 15.8. The Kier molecular flexibility index (Phi) is 5.25. The average Bonchev–Trinajstić information content (AvgIpc) is 2.85. The molecule has 0 saturated carbocycles. The second-order valence-corrected chi connectivity index (χ2v) is 8.83. The predicted molar refractivity (Wildman–Crippen MR) is 98.7 cm³/mol. The number of hydrogen-bond donors (Lipinski definition) is 2. The van der Waals surface area contributed by atoms with Gasteiger partial charge >= 0.3 is 5.63 Å². The highest BCUT2D eigenvalue weighted by Crippen LogP contribution is 2.24. The van der Waals surface area contributed by atoms with Crippen LogP contribution in [0.4, 0.5) is 0 Å². The second kappa shape index (κ2) is 7.32. The summed E-state index contributed by atoms with van der Waals surface area (Å²) >= 11 is 0.